The molecule has 0 radical (unpaired) electrons. The summed E-state index contributed by atoms with van der Waals surface area (Å²) in [4.78, 5) is 29.7. The lowest BCUT2D eigenvalue weighted by Gasteiger charge is -2.32. The van der Waals surface area contributed by atoms with Crippen molar-refractivity contribution in [3.63, 3.8) is 0 Å². The quantitative estimate of drug-likeness (QED) is 0.861. The molecule has 1 aromatic heterocycles. The van der Waals surface area contributed by atoms with Crippen molar-refractivity contribution >= 4 is 23.2 Å². The number of fused-ring (bicyclic) bond motifs is 1. The van der Waals surface area contributed by atoms with Crippen LogP contribution in [0.4, 0.5) is 0 Å². The van der Waals surface area contributed by atoms with Crippen LogP contribution in [0, 0.1) is 0 Å². The lowest BCUT2D eigenvalue weighted by atomic mass is 10.2. The van der Waals surface area contributed by atoms with E-state index in [4.69, 9.17) is 14.2 Å². The number of carbonyl (C=O) groups excluding carboxylic acids is 1. The number of carboxylic acid groups (broad SMARTS) is 1. The number of rotatable bonds is 4. The van der Waals surface area contributed by atoms with Crippen LogP contribution in [-0.4, -0.2) is 59.5 Å². The molecule has 1 unspecified atom stereocenters. The van der Waals surface area contributed by atoms with Crippen molar-refractivity contribution in [3.8, 4) is 22.1 Å². The topological polar surface area (TPSA) is 98.2 Å². The summed E-state index contributed by atoms with van der Waals surface area (Å²) in [5.74, 6) is 0.0568. The average molecular weight is 376 g/mol. The second kappa shape index (κ2) is 6.93. The Bertz CT molecular complexity index is 852. The molecule has 0 aliphatic carbocycles. The fraction of sp³-hybridized carbons (Fsp3) is 0.353. The van der Waals surface area contributed by atoms with Gasteiger partial charge in [-0.05, 0) is 18.2 Å². The maximum absolute atomic E-state index is 12.5. The Labute approximate surface area is 152 Å². The number of nitrogens with zero attached hydrogens (tertiary/aromatic N) is 2. The molecule has 0 bridgehead atoms. The summed E-state index contributed by atoms with van der Waals surface area (Å²) in [5, 5.41) is 11.8. The number of benzene rings is 1. The summed E-state index contributed by atoms with van der Waals surface area (Å²) in [6, 6.07) is 4.63. The van der Waals surface area contributed by atoms with Crippen molar-refractivity contribution in [2.75, 3.05) is 26.6 Å². The first-order valence-electron chi connectivity index (χ1n) is 8.06. The molecule has 1 aromatic carbocycles. The van der Waals surface area contributed by atoms with Crippen LogP contribution in [0.3, 0.4) is 0 Å². The molecule has 1 N–H and O–H groups in total. The van der Waals surface area contributed by atoms with E-state index in [1.54, 1.807) is 0 Å². The first-order valence-corrected chi connectivity index (χ1v) is 8.94. The van der Waals surface area contributed by atoms with E-state index in [1.807, 2.05) is 23.6 Å². The minimum absolute atomic E-state index is 0.0145. The van der Waals surface area contributed by atoms with Gasteiger partial charge in [0.1, 0.15) is 5.01 Å². The van der Waals surface area contributed by atoms with Crippen LogP contribution in [0.5, 0.6) is 11.5 Å². The van der Waals surface area contributed by atoms with Crippen molar-refractivity contribution < 1.29 is 28.9 Å². The van der Waals surface area contributed by atoms with Gasteiger partial charge < -0.3 is 24.2 Å². The highest BCUT2D eigenvalue weighted by Crippen LogP contribution is 2.36. The van der Waals surface area contributed by atoms with Crippen molar-refractivity contribution in [2.24, 2.45) is 0 Å². The fourth-order valence-electron chi connectivity index (χ4n) is 2.91. The lowest BCUT2D eigenvalue weighted by molar-refractivity contribution is -0.158. The van der Waals surface area contributed by atoms with Gasteiger partial charge in [0.2, 0.25) is 12.7 Å². The van der Waals surface area contributed by atoms with E-state index in [9.17, 15) is 14.7 Å². The molecule has 2 aromatic rings. The first-order chi connectivity index (χ1) is 12.6. The minimum Gasteiger partial charge on any atom is -0.480 e. The van der Waals surface area contributed by atoms with Crippen molar-refractivity contribution in [3.05, 3.63) is 29.3 Å². The Balaban J connectivity index is 1.48. The molecule has 1 saturated heterocycles. The first kappa shape index (κ1) is 16.8. The molecule has 1 atom stereocenters. The summed E-state index contributed by atoms with van der Waals surface area (Å²) in [5.41, 5.74) is 1.50. The molecule has 2 aliphatic heterocycles. The van der Waals surface area contributed by atoms with Gasteiger partial charge in [0.15, 0.2) is 17.5 Å². The zero-order valence-corrected chi connectivity index (χ0v) is 14.5. The molecule has 2 aliphatic rings. The van der Waals surface area contributed by atoms with Gasteiger partial charge in [-0.15, -0.1) is 11.3 Å². The summed E-state index contributed by atoms with van der Waals surface area (Å²) in [6.45, 7) is 0.839. The molecule has 4 rings (SSSR count). The third-order valence-electron chi connectivity index (χ3n) is 4.24. The van der Waals surface area contributed by atoms with Crippen molar-refractivity contribution in [1.82, 2.24) is 9.88 Å². The fourth-order valence-corrected chi connectivity index (χ4v) is 3.73. The molecule has 9 heteroatoms. The Kier molecular flexibility index (Phi) is 4.48. The SMILES string of the molecule is O=C(O)C1COCCN1C(=O)Cc1csc(-c2ccc3c(c2)OCO3)n1. The Morgan fingerprint density at radius 3 is 3.00 bits per heavy atom. The summed E-state index contributed by atoms with van der Waals surface area (Å²) < 4.78 is 15.8. The van der Waals surface area contributed by atoms with Gasteiger partial charge in [0, 0.05) is 17.5 Å². The Morgan fingerprint density at radius 1 is 1.31 bits per heavy atom. The van der Waals surface area contributed by atoms with Crippen LogP contribution in [-0.2, 0) is 20.7 Å². The van der Waals surface area contributed by atoms with Gasteiger partial charge in [-0.2, -0.15) is 0 Å². The van der Waals surface area contributed by atoms with E-state index < -0.39 is 12.0 Å². The second-order valence-corrected chi connectivity index (χ2v) is 6.76. The highest BCUT2D eigenvalue weighted by atomic mass is 32.1. The van der Waals surface area contributed by atoms with E-state index in [0.29, 0.717) is 23.8 Å². The molecule has 3 heterocycles. The molecule has 1 fully saturated rings. The molecular formula is C17H16N2O6S. The molecule has 26 heavy (non-hydrogen) atoms. The molecule has 136 valence electrons. The van der Waals surface area contributed by atoms with Crippen LogP contribution < -0.4 is 9.47 Å². The highest BCUT2D eigenvalue weighted by molar-refractivity contribution is 7.13. The van der Waals surface area contributed by atoms with Crippen molar-refractivity contribution in [1.29, 1.82) is 0 Å². The predicted molar refractivity (Wildman–Crippen MR) is 91.3 cm³/mol. The number of carbonyl (C=O) groups is 2. The second-order valence-electron chi connectivity index (χ2n) is 5.90. The number of aliphatic carboxylic acids is 1. The van der Waals surface area contributed by atoms with E-state index >= 15 is 0 Å². The van der Waals surface area contributed by atoms with Gasteiger partial charge in [-0.3, -0.25) is 4.79 Å². The highest BCUT2D eigenvalue weighted by Gasteiger charge is 2.32. The molecule has 0 spiro atoms. The zero-order valence-electron chi connectivity index (χ0n) is 13.7. The molecular weight excluding hydrogens is 360 g/mol. The Morgan fingerprint density at radius 2 is 2.15 bits per heavy atom. The smallest absolute Gasteiger partial charge is 0.328 e. The summed E-state index contributed by atoms with van der Waals surface area (Å²) in [6.07, 6.45) is 0.0603. The van der Waals surface area contributed by atoms with Crippen LogP contribution in [0.1, 0.15) is 5.69 Å². The number of thiazole rings is 1. The van der Waals surface area contributed by atoms with Crippen LogP contribution >= 0.6 is 11.3 Å². The lowest BCUT2D eigenvalue weighted by Crippen LogP contribution is -2.53. The average Bonchev–Trinajstić information content (AvgIpc) is 3.30. The van der Waals surface area contributed by atoms with Crippen LogP contribution in [0.15, 0.2) is 23.6 Å². The van der Waals surface area contributed by atoms with Gasteiger partial charge >= 0.3 is 5.97 Å². The number of amides is 1. The van der Waals surface area contributed by atoms with Crippen LogP contribution in [0.25, 0.3) is 10.6 Å². The summed E-state index contributed by atoms with van der Waals surface area (Å²) in [7, 11) is 0. The monoisotopic (exact) mass is 376 g/mol. The van der Waals surface area contributed by atoms with E-state index in [2.05, 4.69) is 4.98 Å². The number of carboxylic acids is 1. The molecule has 1 amide bonds. The zero-order chi connectivity index (χ0) is 18.1. The van der Waals surface area contributed by atoms with E-state index in [0.717, 1.165) is 10.6 Å². The number of hydrogen-bond donors (Lipinski definition) is 1. The van der Waals surface area contributed by atoms with Crippen molar-refractivity contribution in [2.45, 2.75) is 12.5 Å². The maximum Gasteiger partial charge on any atom is 0.328 e. The summed E-state index contributed by atoms with van der Waals surface area (Å²) >= 11 is 1.42. The van der Waals surface area contributed by atoms with E-state index in [1.165, 1.54) is 16.2 Å². The van der Waals surface area contributed by atoms with Crippen LogP contribution in [0.2, 0.25) is 0 Å². The minimum atomic E-state index is -1.06. The van der Waals surface area contributed by atoms with Gasteiger partial charge in [0.25, 0.3) is 0 Å². The molecule has 8 nitrogen and oxygen atoms in total. The maximum atomic E-state index is 12.5. The largest absolute Gasteiger partial charge is 0.480 e. The number of hydrogen-bond acceptors (Lipinski definition) is 7. The number of ether oxygens (including phenoxy) is 3. The van der Waals surface area contributed by atoms with Gasteiger partial charge in [-0.1, -0.05) is 0 Å². The third-order valence-corrected chi connectivity index (χ3v) is 5.18. The predicted octanol–water partition coefficient (Wildman–Crippen LogP) is 1.39. The van der Waals surface area contributed by atoms with Gasteiger partial charge in [0.05, 0.1) is 25.3 Å². The normalized spacial score (nSPS) is 18.8. The number of aromatic nitrogens is 1. The van der Waals surface area contributed by atoms with Gasteiger partial charge in [-0.25, -0.2) is 9.78 Å². The number of morpholine rings is 1. The Hall–Kier alpha value is -2.65. The standard InChI is InChI=1S/C17H16N2O6S/c20-15(19-3-4-23-7-12(19)17(21)22)6-11-8-26-16(18-11)10-1-2-13-14(5-10)25-9-24-13/h1-2,5,8,12H,3-4,6-7,9H2,(H,21,22). The molecule has 0 saturated carbocycles. The third kappa shape index (κ3) is 3.23. The van der Waals surface area contributed by atoms with E-state index in [-0.39, 0.29) is 32.3 Å².